The molecule has 3 N–H and O–H groups in total. The highest BCUT2D eigenvalue weighted by Gasteiger charge is 2.08. The van der Waals surface area contributed by atoms with E-state index in [9.17, 15) is 14.4 Å². The number of hydrogen-bond donors (Lipinski definition) is 3. The predicted octanol–water partition coefficient (Wildman–Crippen LogP) is 3.47. The fourth-order valence-electron chi connectivity index (χ4n) is 2.94. The normalized spacial score (nSPS) is 10.2. The lowest BCUT2D eigenvalue weighted by Gasteiger charge is -2.09. The van der Waals surface area contributed by atoms with E-state index in [1.165, 1.54) is 6.92 Å². The first-order valence-electron chi connectivity index (χ1n) is 9.62. The zero-order valence-electron chi connectivity index (χ0n) is 16.6. The smallest absolute Gasteiger partial charge is 0.251 e. The second kappa shape index (κ2) is 10.0. The summed E-state index contributed by atoms with van der Waals surface area (Å²) >= 11 is 0. The molecule has 0 aliphatic rings. The molecular weight excluding hydrogens is 378 g/mol. The summed E-state index contributed by atoms with van der Waals surface area (Å²) in [6, 6.07) is 24.0. The molecule has 3 rings (SSSR count). The zero-order valence-corrected chi connectivity index (χ0v) is 16.6. The van der Waals surface area contributed by atoms with E-state index in [1.54, 1.807) is 36.4 Å². The van der Waals surface area contributed by atoms with E-state index in [0.717, 1.165) is 11.1 Å². The van der Waals surface area contributed by atoms with E-state index in [0.29, 0.717) is 23.4 Å². The third kappa shape index (κ3) is 5.78. The Morgan fingerprint density at radius 2 is 1.27 bits per heavy atom. The van der Waals surface area contributed by atoms with Gasteiger partial charge < -0.3 is 16.0 Å². The molecule has 0 spiro atoms. The minimum atomic E-state index is -0.274. The summed E-state index contributed by atoms with van der Waals surface area (Å²) in [5.74, 6) is -0.674. The number of carbonyl (C=O) groups is 3. The fraction of sp³-hybridized carbons (Fsp3) is 0.125. The standard InChI is InChI=1S/C24H23N3O3/c1-17(28)27-22-9-5-8-21(16-22)24(30)26-15-14-25-23(29)20-12-10-19(11-13-20)18-6-3-2-4-7-18/h2-13,16H,14-15H2,1H3,(H,25,29)(H,26,30)(H,27,28). The number of nitrogens with one attached hydrogen (secondary N) is 3. The van der Waals surface area contributed by atoms with E-state index in [-0.39, 0.29) is 24.3 Å². The molecule has 0 saturated heterocycles. The van der Waals surface area contributed by atoms with Crippen molar-refractivity contribution in [2.75, 3.05) is 18.4 Å². The van der Waals surface area contributed by atoms with Gasteiger partial charge in [-0.15, -0.1) is 0 Å². The Hall–Kier alpha value is -3.93. The van der Waals surface area contributed by atoms with Crippen molar-refractivity contribution in [3.63, 3.8) is 0 Å². The molecule has 0 saturated carbocycles. The minimum absolute atomic E-state index is 0.198. The van der Waals surface area contributed by atoms with Gasteiger partial charge in [0.05, 0.1) is 0 Å². The van der Waals surface area contributed by atoms with Crippen molar-refractivity contribution < 1.29 is 14.4 Å². The van der Waals surface area contributed by atoms with Gasteiger partial charge in [0.25, 0.3) is 11.8 Å². The molecule has 0 fully saturated rings. The van der Waals surface area contributed by atoms with E-state index >= 15 is 0 Å². The second-order valence-corrected chi connectivity index (χ2v) is 6.72. The first-order chi connectivity index (χ1) is 14.5. The maximum atomic E-state index is 12.3. The quantitative estimate of drug-likeness (QED) is 0.530. The van der Waals surface area contributed by atoms with Crippen LogP contribution >= 0.6 is 0 Å². The number of carbonyl (C=O) groups excluding carboxylic acids is 3. The van der Waals surface area contributed by atoms with Gasteiger partial charge in [-0.05, 0) is 41.5 Å². The van der Waals surface area contributed by atoms with E-state index in [2.05, 4.69) is 16.0 Å². The number of anilines is 1. The topological polar surface area (TPSA) is 87.3 Å². The second-order valence-electron chi connectivity index (χ2n) is 6.72. The largest absolute Gasteiger partial charge is 0.350 e. The molecule has 30 heavy (non-hydrogen) atoms. The Bertz CT molecular complexity index is 1030. The summed E-state index contributed by atoms with van der Waals surface area (Å²) < 4.78 is 0. The molecule has 6 nitrogen and oxygen atoms in total. The van der Waals surface area contributed by atoms with Crippen LogP contribution in [0.2, 0.25) is 0 Å². The van der Waals surface area contributed by atoms with Gasteiger partial charge in [0, 0.05) is 36.8 Å². The van der Waals surface area contributed by atoms with E-state index < -0.39 is 0 Å². The molecule has 3 amide bonds. The first kappa shape index (κ1) is 20.8. The molecule has 0 aliphatic heterocycles. The SMILES string of the molecule is CC(=O)Nc1cccc(C(=O)NCCNC(=O)c2ccc(-c3ccccc3)cc2)c1. The van der Waals surface area contributed by atoms with Crippen molar-refractivity contribution in [3.05, 3.63) is 90.0 Å². The van der Waals surface area contributed by atoms with Crippen molar-refractivity contribution in [1.29, 1.82) is 0 Å². The lowest BCUT2D eigenvalue weighted by molar-refractivity contribution is -0.114. The van der Waals surface area contributed by atoms with E-state index in [1.807, 2.05) is 42.5 Å². The van der Waals surface area contributed by atoms with Crippen molar-refractivity contribution >= 4 is 23.4 Å². The molecule has 3 aromatic rings. The Labute approximate surface area is 175 Å². The molecule has 0 bridgehead atoms. The molecule has 0 heterocycles. The lowest BCUT2D eigenvalue weighted by Crippen LogP contribution is -2.34. The van der Waals surface area contributed by atoms with Crippen molar-refractivity contribution in [3.8, 4) is 11.1 Å². The molecule has 3 aromatic carbocycles. The molecule has 0 unspecified atom stereocenters. The molecule has 6 heteroatoms. The summed E-state index contributed by atoms with van der Waals surface area (Å²) in [4.78, 5) is 35.6. The average molecular weight is 401 g/mol. The Morgan fingerprint density at radius 1 is 0.667 bits per heavy atom. The van der Waals surface area contributed by atoms with Crippen LogP contribution in [0.4, 0.5) is 5.69 Å². The third-order valence-corrected chi connectivity index (χ3v) is 4.40. The van der Waals surface area contributed by atoms with Crippen LogP contribution in [0.15, 0.2) is 78.9 Å². The number of amides is 3. The number of benzene rings is 3. The van der Waals surface area contributed by atoms with Crippen LogP contribution in [0, 0.1) is 0 Å². The van der Waals surface area contributed by atoms with Crippen LogP contribution in [-0.2, 0) is 4.79 Å². The van der Waals surface area contributed by atoms with Gasteiger partial charge in [-0.25, -0.2) is 0 Å². The highest BCUT2D eigenvalue weighted by Crippen LogP contribution is 2.19. The maximum absolute atomic E-state index is 12.3. The van der Waals surface area contributed by atoms with Crippen LogP contribution in [-0.4, -0.2) is 30.8 Å². The van der Waals surface area contributed by atoms with Crippen LogP contribution in [0.25, 0.3) is 11.1 Å². The maximum Gasteiger partial charge on any atom is 0.251 e. The first-order valence-corrected chi connectivity index (χ1v) is 9.62. The number of hydrogen-bond acceptors (Lipinski definition) is 3. The zero-order chi connectivity index (χ0) is 21.3. The summed E-state index contributed by atoms with van der Waals surface area (Å²) in [5.41, 5.74) is 3.69. The van der Waals surface area contributed by atoms with Crippen LogP contribution < -0.4 is 16.0 Å². The van der Waals surface area contributed by atoms with Crippen molar-refractivity contribution in [2.45, 2.75) is 6.92 Å². The molecular formula is C24H23N3O3. The summed E-state index contributed by atoms with van der Waals surface area (Å²) in [5, 5.41) is 8.18. The van der Waals surface area contributed by atoms with Crippen LogP contribution in [0.5, 0.6) is 0 Å². The Morgan fingerprint density at radius 3 is 1.90 bits per heavy atom. The molecule has 0 atom stereocenters. The summed E-state index contributed by atoms with van der Waals surface area (Å²) in [6.45, 7) is 2.00. The fourth-order valence-corrected chi connectivity index (χ4v) is 2.94. The van der Waals surface area contributed by atoms with Gasteiger partial charge in [0.1, 0.15) is 0 Å². The summed E-state index contributed by atoms with van der Waals surface area (Å²) in [6.07, 6.45) is 0. The number of rotatable bonds is 7. The Kier molecular flexibility index (Phi) is 6.95. The lowest BCUT2D eigenvalue weighted by atomic mass is 10.0. The molecule has 0 radical (unpaired) electrons. The van der Waals surface area contributed by atoms with Gasteiger partial charge in [-0.3, -0.25) is 14.4 Å². The van der Waals surface area contributed by atoms with Gasteiger partial charge in [0.2, 0.25) is 5.91 Å². The Balaban J connectivity index is 1.46. The van der Waals surface area contributed by atoms with Gasteiger partial charge in [0.15, 0.2) is 0 Å². The molecule has 0 aliphatic carbocycles. The van der Waals surface area contributed by atoms with Crippen molar-refractivity contribution in [2.24, 2.45) is 0 Å². The highest BCUT2D eigenvalue weighted by molar-refractivity contribution is 5.97. The molecule has 0 aromatic heterocycles. The monoisotopic (exact) mass is 401 g/mol. The predicted molar refractivity (Wildman–Crippen MR) is 117 cm³/mol. The van der Waals surface area contributed by atoms with E-state index in [4.69, 9.17) is 0 Å². The van der Waals surface area contributed by atoms with Crippen LogP contribution in [0.1, 0.15) is 27.6 Å². The van der Waals surface area contributed by atoms with Gasteiger partial charge in [-0.2, -0.15) is 0 Å². The van der Waals surface area contributed by atoms with Gasteiger partial charge >= 0.3 is 0 Å². The van der Waals surface area contributed by atoms with Gasteiger partial charge in [-0.1, -0.05) is 48.5 Å². The average Bonchev–Trinajstić information content (AvgIpc) is 2.77. The van der Waals surface area contributed by atoms with Crippen LogP contribution in [0.3, 0.4) is 0 Å². The van der Waals surface area contributed by atoms with Crippen molar-refractivity contribution in [1.82, 2.24) is 10.6 Å². The minimum Gasteiger partial charge on any atom is -0.350 e. The molecule has 152 valence electrons. The highest BCUT2D eigenvalue weighted by atomic mass is 16.2. The third-order valence-electron chi connectivity index (χ3n) is 4.40. The summed E-state index contributed by atoms with van der Waals surface area (Å²) in [7, 11) is 0.